The van der Waals surface area contributed by atoms with Crippen LogP contribution in [0.25, 0.3) is 0 Å². The molecule has 1 aromatic carbocycles. The molecule has 0 saturated carbocycles. The van der Waals surface area contributed by atoms with E-state index >= 15 is 0 Å². The monoisotopic (exact) mass is 542 g/mol. The minimum atomic E-state index is -2.46. The first-order chi connectivity index (χ1) is 15.9. The predicted octanol–water partition coefficient (Wildman–Crippen LogP) is 7.02. The summed E-state index contributed by atoms with van der Waals surface area (Å²) in [6.45, 7) is 25.8. The Labute approximate surface area is 229 Å². The second-order valence-corrected chi connectivity index (χ2v) is 15.7. The van der Waals surface area contributed by atoms with Gasteiger partial charge in [0.2, 0.25) is 5.60 Å². The van der Waals surface area contributed by atoms with E-state index < -0.39 is 17.4 Å². The summed E-state index contributed by atoms with van der Waals surface area (Å²) in [5, 5.41) is 12.7. The molecule has 0 saturated heterocycles. The molecule has 0 aliphatic heterocycles. The van der Waals surface area contributed by atoms with Crippen LogP contribution in [0.3, 0.4) is 0 Å². The SMILES string of the molecule is CC(C)(C)CN(CC(C)(C)C)C(=O)C(O)(C(=O)N(CC(C)(C)C)CC(C)(C)C)c1ccc(Cl)c(Cl)c1. The molecule has 0 fully saturated rings. The van der Waals surface area contributed by atoms with Crippen LogP contribution in [0.1, 0.15) is 88.6 Å². The van der Waals surface area contributed by atoms with E-state index in [1.807, 2.05) is 83.1 Å². The van der Waals surface area contributed by atoms with Crippen molar-refractivity contribution in [2.75, 3.05) is 26.2 Å². The molecule has 36 heavy (non-hydrogen) atoms. The highest BCUT2D eigenvalue weighted by atomic mass is 35.5. The lowest BCUT2D eigenvalue weighted by Gasteiger charge is -2.42. The van der Waals surface area contributed by atoms with Crippen LogP contribution < -0.4 is 0 Å². The molecular formula is C29H48Cl2N2O3. The van der Waals surface area contributed by atoms with Gasteiger partial charge in [0.05, 0.1) is 10.0 Å². The first-order valence-corrected chi connectivity index (χ1v) is 13.4. The van der Waals surface area contributed by atoms with E-state index in [4.69, 9.17) is 23.2 Å². The summed E-state index contributed by atoms with van der Waals surface area (Å²) >= 11 is 12.5. The number of amides is 2. The van der Waals surface area contributed by atoms with Crippen LogP contribution in [0.2, 0.25) is 10.0 Å². The molecule has 0 atom stereocenters. The Balaban J connectivity index is 3.84. The van der Waals surface area contributed by atoms with E-state index in [0.717, 1.165) is 0 Å². The Morgan fingerprint density at radius 2 is 0.944 bits per heavy atom. The van der Waals surface area contributed by atoms with Crippen molar-refractivity contribution in [1.29, 1.82) is 0 Å². The van der Waals surface area contributed by atoms with Crippen LogP contribution in [0.15, 0.2) is 18.2 Å². The first kappa shape index (κ1) is 32.7. The molecule has 7 heteroatoms. The molecule has 2 amide bonds. The predicted molar refractivity (Wildman–Crippen MR) is 151 cm³/mol. The second-order valence-electron chi connectivity index (χ2n) is 14.9. The molecule has 0 bridgehead atoms. The number of carbonyl (C=O) groups excluding carboxylic acids is 2. The van der Waals surface area contributed by atoms with E-state index in [9.17, 15) is 14.7 Å². The lowest BCUT2D eigenvalue weighted by molar-refractivity contribution is -0.172. The van der Waals surface area contributed by atoms with Crippen molar-refractivity contribution in [1.82, 2.24) is 9.80 Å². The summed E-state index contributed by atoms with van der Waals surface area (Å²) < 4.78 is 0. The van der Waals surface area contributed by atoms with Crippen LogP contribution in [0.4, 0.5) is 0 Å². The van der Waals surface area contributed by atoms with E-state index in [2.05, 4.69) is 0 Å². The highest BCUT2D eigenvalue weighted by Gasteiger charge is 2.52. The van der Waals surface area contributed by atoms with Crippen molar-refractivity contribution in [2.24, 2.45) is 21.7 Å². The summed E-state index contributed by atoms with van der Waals surface area (Å²) in [6.07, 6.45) is 0. The molecule has 1 N–H and O–H groups in total. The number of nitrogens with zero attached hydrogens (tertiary/aromatic N) is 2. The fraction of sp³-hybridized carbons (Fsp3) is 0.724. The number of benzene rings is 1. The zero-order valence-corrected chi connectivity index (χ0v) is 26.0. The summed E-state index contributed by atoms with van der Waals surface area (Å²) in [5.74, 6) is -1.30. The normalized spacial score (nSPS) is 13.5. The number of hydrogen-bond acceptors (Lipinski definition) is 3. The third-order valence-electron chi connectivity index (χ3n) is 5.19. The summed E-state index contributed by atoms with van der Waals surface area (Å²) in [5.41, 5.74) is -3.34. The van der Waals surface area contributed by atoms with Gasteiger partial charge in [-0.3, -0.25) is 9.59 Å². The van der Waals surface area contributed by atoms with Crippen LogP contribution in [-0.2, 0) is 15.2 Å². The molecule has 5 nitrogen and oxygen atoms in total. The van der Waals surface area contributed by atoms with Gasteiger partial charge in [-0.1, -0.05) is 112 Å². The van der Waals surface area contributed by atoms with Crippen molar-refractivity contribution >= 4 is 35.0 Å². The van der Waals surface area contributed by atoms with Crippen molar-refractivity contribution in [3.63, 3.8) is 0 Å². The average molecular weight is 544 g/mol. The van der Waals surface area contributed by atoms with E-state index in [1.165, 1.54) is 18.2 Å². The van der Waals surface area contributed by atoms with E-state index in [0.29, 0.717) is 26.2 Å². The van der Waals surface area contributed by atoms with Gasteiger partial charge in [-0.05, 0) is 33.8 Å². The fourth-order valence-electron chi connectivity index (χ4n) is 4.21. The fourth-order valence-corrected chi connectivity index (χ4v) is 4.50. The first-order valence-electron chi connectivity index (χ1n) is 12.6. The Bertz CT molecular complexity index is 852. The Kier molecular flexibility index (Phi) is 10.2. The van der Waals surface area contributed by atoms with Gasteiger partial charge in [0.1, 0.15) is 0 Å². The quantitative estimate of drug-likeness (QED) is 0.376. The van der Waals surface area contributed by atoms with Gasteiger partial charge in [0, 0.05) is 31.7 Å². The minimum absolute atomic E-state index is 0.118. The van der Waals surface area contributed by atoms with Gasteiger partial charge >= 0.3 is 0 Å². The second kappa shape index (κ2) is 11.2. The number of hydrogen-bond donors (Lipinski definition) is 1. The van der Waals surface area contributed by atoms with Crippen LogP contribution >= 0.6 is 23.2 Å². The Morgan fingerprint density at radius 1 is 0.639 bits per heavy atom. The Hall–Kier alpha value is -1.30. The highest BCUT2D eigenvalue weighted by molar-refractivity contribution is 6.42. The smallest absolute Gasteiger partial charge is 0.269 e. The van der Waals surface area contributed by atoms with Gasteiger partial charge in [0.15, 0.2) is 0 Å². The average Bonchev–Trinajstić information content (AvgIpc) is 2.62. The van der Waals surface area contributed by atoms with E-state index in [-0.39, 0.29) is 37.3 Å². The zero-order chi connectivity index (χ0) is 28.5. The largest absolute Gasteiger partial charge is 0.368 e. The van der Waals surface area contributed by atoms with Crippen molar-refractivity contribution in [3.8, 4) is 0 Å². The molecule has 0 aliphatic rings. The third-order valence-corrected chi connectivity index (χ3v) is 5.93. The molecule has 0 spiro atoms. The molecule has 206 valence electrons. The summed E-state index contributed by atoms with van der Waals surface area (Å²) in [7, 11) is 0. The number of halogens is 2. The van der Waals surface area contributed by atoms with Gasteiger partial charge in [-0.25, -0.2) is 0 Å². The molecule has 0 radical (unpaired) electrons. The maximum atomic E-state index is 14.3. The van der Waals surface area contributed by atoms with Crippen molar-refractivity contribution in [2.45, 2.75) is 88.7 Å². The van der Waals surface area contributed by atoms with Crippen LogP contribution in [-0.4, -0.2) is 52.9 Å². The topological polar surface area (TPSA) is 60.9 Å². The lowest BCUT2D eigenvalue weighted by atomic mass is 9.85. The Morgan fingerprint density at radius 3 is 1.19 bits per heavy atom. The lowest BCUT2D eigenvalue weighted by Crippen LogP contribution is -2.60. The van der Waals surface area contributed by atoms with E-state index in [1.54, 1.807) is 9.80 Å². The van der Waals surface area contributed by atoms with Crippen molar-refractivity contribution < 1.29 is 14.7 Å². The highest BCUT2D eigenvalue weighted by Crippen LogP contribution is 2.35. The third kappa shape index (κ3) is 9.87. The molecule has 0 heterocycles. The zero-order valence-electron chi connectivity index (χ0n) is 24.5. The minimum Gasteiger partial charge on any atom is -0.368 e. The maximum Gasteiger partial charge on any atom is 0.269 e. The van der Waals surface area contributed by atoms with Gasteiger partial charge in [-0.2, -0.15) is 0 Å². The standard InChI is InChI=1S/C29H48Cl2N2O3/c1-25(2,3)16-32(17-26(4,5)6)23(34)29(36,20-13-14-21(30)22(31)15-20)24(35)33(18-27(7,8)9)19-28(10,11)12/h13-15,36H,16-19H2,1-12H3. The van der Waals surface area contributed by atoms with Gasteiger partial charge in [0.25, 0.3) is 11.8 Å². The molecule has 0 unspecified atom stereocenters. The van der Waals surface area contributed by atoms with Crippen LogP contribution in [0.5, 0.6) is 0 Å². The maximum absolute atomic E-state index is 14.3. The molecule has 0 aromatic heterocycles. The number of carbonyl (C=O) groups is 2. The van der Waals surface area contributed by atoms with Crippen molar-refractivity contribution in [3.05, 3.63) is 33.8 Å². The molecular weight excluding hydrogens is 495 g/mol. The molecule has 1 aromatic rings. The van der Waals surface area contributed by atoms with Crippen LogP contribution in [0, 0.1) is 21.7 Å². The van der Waals surface area contributed by atoms with Gasteiger partial charge < -0.3 is 14.9 Å². The number of aliphatic hydroxyl groups is 1. The molecule has 1 rings (SSSR count). The summed E-state index contributed by atoms with van der Waals surface area (Å²) in [4.78, 5) is 31.9. The summed E-state index contributed by atoms with van der Waals surface area (Å²) in [6, 6.07) is 4.46. The van der Waals surface area contributed by atoms with Gasteiger partial charge in [-0.15, -0.1) is 0 Å². The molecule has 0 aliphatic carbocycles. The number of rotatable bonds is 7.